The zero-order valence-electron chi connectivity index (χ0n) is 7.14. The van der Waals surface area contributed by atoms with Gasteiger partial charge in [-0.3, -0.25) is 0 Å². The van der Waals surface area contributed by atoms with Crippen molar-refractivity contribution < 1.29 is 4.84 Å². The van der Waals surface area contributed by atoms with E-state index in [1.807, 2.05) is 19.1 Å². The summed E-state index contributed by atoms with van der Waals surface area (Å²) >= 11 is 0. The minimum absolute atomic E-state index is 0.887. The van der Waals surface area contributed by atoms with Gasteiger partial charge in [0.1, 0.15) is 5.75 Å². The van der Waals surface area contributed by atoms with Crippen LogP contribution in [-0.4, -0.2) is 7.05 Å². The predicted molar refractivity (Wildman–Crippen MR) is 45.6 cm³/mol. The molecule has 0 aromatic heterocycles. The Labute approximate surface area is 67.1 Å². The smallest absolute Gasteiger partial charge is 0.150 e. The molecule has 0 aliphatic carbocycles. The van der Waals surface area contributed by atoms with Crippen LogP contribution in [0.2, 0.25) is 0 Å². The zero-order valence-corrected chi connectivity index (χ0v) is 7.14. The van der Waals surface area contributed by atoms with Crippen LogP contribution >= 0.6 is 0 Å². The number of hydroxylamine groups is 1. The van der Waals surface area contributed by atoms with Gasteiger partial charge in [-0.2, -0.15) is 5.48 Å². The first-order chi connectivity index (χ1) is 5.24. The summed E-state index contributed by atoms with van der Waals surface area (Å²) in [6.07, 6.45) is 0. The minimum atomic E-state index is 0.887. The fourth-order valence-electron chi connectivity index (χ4n) is 1.02. The Balaban J connectivity index is 2.90. The molecule has 0 spiro atoms. The van der Waals surface area contributed by atoms with Crippen molar-refractivity contribution in [3.63, 3.8) is 0 Å². The van der Waals surface area contributed by atoms with Crippen molar-refractivity contribution in [3.8, 4) is 5.75 Å². The van der Waals surface area contributed by atoms with Gasteiger partial charge in [0.05, 0.1) is 0 Å². The summed E-state index contributed by atoms with van der Waals surface area (Å²) in [4.78, 5) is 5.14. The molecule has 11 heavy (non-hydrogen) atoms. The highest BCUT2D eigenvalue weighted by Crippen LogP contribution is 2.17. The summed E-state index contributed by atoms with van der Waals surface area (Å²) in [6, 6.07) is 6.08. The largest absolute Gasteiger partial charge is 0.409 e. The molecule has 0 aliphatic rings. The van der Waals surface area contributed by atoms with Crippen molar-refractivity contribution in [2.24, 2.45) is 0 Å². The van der Waals surface area contributed by atoms with Crippen molar-refractivity contribution in [1.29, 1.82) is 0 Å². The number of rotatable bonds is 2. The summed E-state index contributed by atoms with van der Waals surface area (Å²) < 4.78 is 0. The van der Waals surface area contributed by atoms with Gasteiger partial charge >= 0.3 is 0 Å². The van der Waals surface area contributed by atoms with Crippen molar-refractivity contribution in [3.05, 3.63) is 29.3 Å². The molecule has 1 aromatic rings. The molecule has 0 fully saturated rings. The van der Waals surface area contributed by atoms with Crippen molar-refractivity contribution in [2.75, 3.05) is 7.05 Å². The molecule has 0 saturated carbocycles. The molecule has 2 nitrogen and oxygen atoms in total. The highest BCUT2D eigenvalue weighted by atomic mass is 16.6. The summed E-state index contributed by atoms with van der Waals surface area (Å²) in [5.41, 5.74) is 5.05. The second kappa shape index (κ2) is 3.39. The lowest BCUT2D eigenvalue weighted by atomic mass is 10.1. The van der Waals surface area contributed by atoms with Gasteiger partial charge in [0.25, 0.3) is 0 Å². The Kier molecular flexibility index (Phi) is 2.49. The third kappa shape index (κ3) is 1.95. The van der Waals surface area contributed by atoms with E-state index < -0.39 is 0 Å². The van der Waals surface area contributed by atoms with Crippen molar-refractivity contribution >= 4 is 0 Å². The normalized spacial score (nSPS) is 9.73. The molecule has 0 amide bonds. The molecule has 60 valence electrons. The van der Waals surface area contributed by atoms with E-state index in [4.69, 9.17) is 4.84 Å². The highest BCUT2D eigenvalue weighted by molar-refractivity contribution is 5.35. The minimum Gasteiger partial charge on any atom is -0.409 e. The molecular formula is C9H13NO. The van der Waals surface area contributed by atoms with Crippen LogP contribution in [0.25, 0.3) is 0 Å². The highest BCUT2D eigenvalue weighted by Gasteiger charge is 1.96. The maximum absolute atomic E-state index is 5.14. The predicted octanol–water partition coefficient (Wildman–Crippen LogP) is 1.82. The monoisotopic (exact) mass is 151 g/mol. The van der Waals surface area contributed by atoms with Gasteiger partial charge in [-0.1, -0.05) is 17.7 Å². The van der Waals surface area contributed by atoms with Crippen molar-refractivity contribution in [2.45, 2.75) is 13.8 Å². The molecule has 0 atom stereocenters. The van der Waals surface area contributed by atoms with E-state index in [9.17, 15) is 0 Å². The van der Waals surface area contributed by atoms with Gasteiger partial charge < -0.3 is 4.84 Å². The molecule has 1 aromatic carbocycles. The van der Waals surface area contributed by atoms with E-state index in [2.05, 4.69) is 18.5 Å². The fourth-order valence-corrected chi connectivity index (χ4v) is 1.02. The lowest BCUT2D eigenvalue weighted by Gasteiger charge is -2.06. The van der Waals surface area contributed by atoms with Gasteiger partial charge in [0.15, 0.2) is 0 Å². The van der Waals surface area contributed by atoms with Crippen LogP contribution in [0.3, 0.4) is 0 Å². The molecule has 0 bridgehead atoms. The Morgan fingerprint density at radius 2 is 2.00 bits per heavy atom. The van der Waals surface area contributed by atoms with Crippen LogP contribution in [0, 0.1) is 13.8 Å². The molecule has 2 heteroatoms. The SMILES string of the molecule is CNOc1ccc(C)cc1C. The zero-order chi connectivity index (χ0) is 8.27. The Bertz CT molecular complexity index is 245. The van der Waals surface area contributed by atoms with Crippen LogP contribution in [0.4, 0.5) is 0 Å². The molecule has 0 aliphatic heterocycles. The summed E-state index contributed by atoms with van der Waals surface area (Å²) in [5, 5.41) is 0. The standard InChI is InChI=1S/C9H13NO/c1-7-4-5-9(11-10-3)8(2)6-7/h4-6,10H,1-3H3. The summed E-state index contributed by atoms with van der Waals surface area (Å²) in [7, 11) is 1.75. The second-order valence-corrected chi connectivity index (χ2v) is 2.58. The fraction of sp³-hybridized carbons (Fsp3) is 0.333. The van der Waals surface area contributed by atoms with E-state index in [1.165, 1.54) is 5.56 Å². The number of hydrogen-bond acceptors (Lipinski definition) is 2. The average Bonchev–Trinajstić information content (AvgIpc) is 1.95. The number of nitrogens with one attached hydrogen (secondary N) is 1. The van der Waals surface area contributed by atoms with Gasteiger partial charge in [0.2, 0.25) is 0 Å². The Hall–Kier alpha value is -1.02. The molecule has 0 unspecified atom stereocenters. The van der Waals surface area contributed by atoms with Crippen LogP contribution < -0.4 is 10.3 Å². The second-order valence-electron chi connectivity index (χ2n) is 2.58. The van der Waals surface area contributed by atoms with E-state index >= 15 is 0 Å². The average molecular weight is 151 g/mol. The number of hydrogen-bond donors (Lipinski definition) is 1. The van der Waals surface area contributed by atoms with Gasteiger partial charge in [-0.05, 0) is 25.5 Å². The number of benzene rings is 1. The lowest BCUT2D eigenvalue weighted by Crippen LogP contribution is -2.11. The molecule has 0 heterocycles. The molecule has 0 saturated heterocycles. The first kappa shape index (κ1) is 8.08. The van der Waals surface area contributed by atoms with Crippen LogP contribution in [-0.2, 0) is 0 Å². The third-order valence-corrected chi connectivity index (χ3v) is 1.54. The first-order valence-corrected chi connectivity index (χ1v) is 3.65. The topological polar surface area (TPSA) is 21.3 Å². The molecule has 0 radical (unpaired) electrons. The molecule has 1 N–H and O–H groups in total. The first-order valence-electron chi connectivity index (χ1n) is 3.65. The van der Waals surface area contributed by atoms with E-state index in [1.54, 1.807) is 7.05 Å². The summed E-state index contributed by atoms with van der Waals surface area (Å²) in [5.74, 6) is 0.887. The van der Waals surface area contributed by atoms with Crippen LogP contribution in [0.1, 0.15) is 11.1 Å². The Morgan fingerprint density at radius 3 is 2.55 bits per heavy atom. The van der Waals surface area contributed by atoms with Crippen molar-refractivity contribution in [1.82, 2.24) is 5.48 Å². The lowest BCUT2D eigenvalue weighted by molar-refractivity contribution is 0.222. The van der Waals surface area contributed by atoms with Gasteiger partial charge in [-0.25, -0.2) is 0 Å². The Morgan fingerprint density at radius 1 is 1.27 bits per heavy atom. The quantitative estimate of drug-likeness (QED) is 0.651. The maximum atomic E-state index is 5.14. The van der Waals surface area contributed by atoms with Gasteiger partial charge in [0, 0.05) is 7.05 Å². The third-order valence-electron chi connectivity index (χ3n) is 1.54. The summed E-state index contributed by atoms with van der Waals surface area (Å²) in [6.45, 7) is 4.09. The molecular weight excluding hydrogens is 138 g/mol. The van der Waals surface area contributed by atoms with E-state index in [0.29, 0.717) is 0 Å². The van der Waals surface area contributed by atoms with Crippen LogP contribution in [0.15, 0.2) is 18.2 Å². The molecule has 1 rings (SSSR count). The number of aryl methyl sites for hydroxylation is 2. The van der Waals surface area contributed by atoms with Gasteiger partial charge in [-0.15, -0.1) is 0 Å². The maximum Gasteiger partial charge on any atom is 0.150 e. The van der Waals surface area contributed by atoms with E-state index in [0.717, 1.165) is 11.3 Å². The van der Waals surface area contributed by atoms with E-state index in [-0.39, 0.29) is 0 Å². The van der Waals surface area contributed by atoms with Crippen LogP contribution in [0.5, 0.6) is 5.75 Å².